The Labute approximate surface area is 113 Å². The van der Waals surface area contributed by atoms with Crippen molar-refractivity contribution in [2.24, 2.45) is 0 Å². The predicted molar refractivity (Wildman–Crippen MR) is 72.5 cm³/mol. The number of hydrogen-bond acceptors (Lipinski definition) is 4. The Kier molecular flexibility index (Phi) is 4.55. The number of piperidine rings is 1. The average Bonchev–Trinajstić information content (AvgIpc) is 2.42. The fraction of sp³-hybridized carbons (Fsp3) is 0.462. The maximum atomic E-state index is 12.0. The molecule has 0 aromatic heterocycles. The summed E-state index contributed by atoms with van der Waals surface area (Å²) in [4.78, 5) is 11.8. The van der Waals surface area contributed by atoms with Crippen LogP contribution >= 0.6 is 0 Å². The van der Waals surface area contributed by atoms with Crippen molar-refractivity contribution >= 4 is 15.7 Å². The van der Waals surface area contributed by atoms with E-state index in [9.17, 15) is 13.2 Å². The van der Waals surface area contributed by atoms with E-state index in [-0.39, 0.29) is 24.2 Å². The second-order valence-corrected chi connectivity index (χ2v) is 6.68. The summed E-state index contributed by atoms with van der Waals surface area (Å²) < 4.78 is 24.0. The quantitative estimate of drug-likeness (QED) is 0.816. The molecule has 19 heavy (non-hydrogen) atoms. The Morgan fingerprint density at radius 3 is 2.68 bits per heavy atom. The largest absolute Gasteiger partial charge is 0.355 e. The molecule has 1 aromatic rings. The summed E-state index contributed by atoms with van der Waals surface area (Å²) in [6.07, 6.45) is 1.69. The predicted octanol–water partition coefficient (Wildman–Crippen LogP) is 0.329. The molecular formula is C13H18N2O3S. The Balaban J connectivity index is 1.87. The number of hydrogen-bond donors (Lipinski definition) is 2. The first-order chi connectivity index (χ1) is 9.09. The van der Waals surface area contributed by atoms with Gasteiger partial charge in [0, 0.05) is 13.1 Å². The molecule has 1 fully saturated rings. The van der Waals surface area contributed by atoms with Crippen LogP contribution in [0.5, 0.6) is 0 Å². The van der Waals surface area contributed by atoms with Gasteiger partial charge in [-0.05, 0) is 25.0 Å². The lowest BCUT2D eigenvalue weighted by Crippen LogP contribution is -2.49. The molecule has 1 aromatic carbocycles. The summed E-state index contributed by atoms with van der Waals surface area (Å²) >= 11 is 0. The maximum Gasteiger partial charge on any atom is 0.237 e. The van der Waals surface area contributed by atoms with E-state index in [1.807, 2.05) is 0 Å². The lowest BCUT2D eigenvalue weighted by molar-refractivity contribution is -0.124. The van der Waals surface area contributed by atoms with Gasteiger partial charge in [0.1, 0.15) is 0 Å². The first kappa shape index (κ1) is 14.0. The zero-order valence-corrected chi connectivity index (χ0v) is 11.4. The molecule has 0 saturated carbocycles. The van der Waals surface area contributed by atoms with Crippen LogP contribution in [0.25, 0.3) is 0 Å². The molecule has 6 heteroatoms. The number of sulfone groups is 1. The summed E-state index contributed by atoms with van der Waals surface area (Å²) in [5.74, 6) is -0.0378. The molecular weight excluding hydrogens is 264 g/mol. The van der Waals surface area contributed by atoms with Crippen LogP contribution in [0.2, 0.25) is 0 Å². The highest BCUT2D eigenvalue weighted by atomic mass is 32.2. The van der Waals surface area contributed by atoms with Crippen molar-refractivity contribution in [1.82, 2.24) is 10.6 Å². The van der Waals surface area contributed by atoms with Crippen LogP contribution in [-0.4, -0.2) is 39.2 Å². The fourth-order valence-electron chi connectivity index (χ4n) is 2.08. The number of carbonyl (C=O) groups excluding carboxylic acids is 1. The highest BCUT2D eigenvalue weighted by molar-refractivity contribution is 7.91. The van der Waals surface area contributed by atoms with E-state index in [1.54, 1.807) is 30.3 Å². The van der Waals surface area contributed by atoms with E-state index in [4.69, 9.17) is 0 Å². The summed E-state index contributed by atoms with van der Waals surface area (Å²) in [6, 6.07) is 8.10. The first-order valence-electron chi connectivity index (χ1n) is 6.38. The Hall–Kier alpha value is -1.40. The number of nitrogens with one attached hydrogen (secondary N) is 2. The van der Waals surface area contributed by atoms with E-state index >= 15 is 0 Å². The van der Waals surface area contributed by atoms with Crippen LogP contribution in [0.1, 0.15) is 12.8 Å². The standard InChI is InChI=1S/C13H18N2O3S/c16-13-12(7-4-8-15-13)14-9-10-19(17,18)11-5-2-1-3-6-11/h1-3,5-6,12,14H,4,7-10H2,(H,15,16)/t12-/m0/s1. The molecule has 1 saturated heterocycles. The molecule has 0 aliphatic carbocycles. The van der Waals surface area contributed by atoms with Crippen LogP contribution in [0.15, 0.2) is 35.2 Å². The van der Waals surface area contributed by atoms with Crippen LogP contribution in [0.4, 0.5) is 0 Å². The van der Waals surface area contributed by atoms with Gasteiger partial charge < -0.3 is 10.6 Å². The van der Waals surface area contributed by atoms with E-state index in [0.29, 0.717) is 11.4 Å². The maximum absolute atomic E-state index is 12.0. The van der Waals surface area contributed by atoms with Crippen molar-refractivity contribution in [3.63, 3.8) is 0 Å². The topological polar surface area (TPSA) is 75.3 Å². The molecule has 0 spiro atoms. The van der Waals surface area contributed by atoms with Gasteiger partial charge in [0.05, 0.1) is 16.7 Å². The van der Waals surface area contributed by atoms with Crippen LogP contribution < -0.4 is 10.6 Å². The Morgan fingerprint density at radius 1 is 1.26 bits per heavy atom. The fourth-order valence-corrected chi connectivity index (χ4v) is 3.27. The second kappa shape index (κ2) is 6.16. The molecule has 2 rings (SSSR count). The van der Waals surface area contributed by atoms with E-state index in [2.05, 4.69) is 10.6 Å². The Morgan fingerprint density at radius 2 is 2.00 bits per heavy atom. The molecule has 5 nitrogen and oxygen atoms in total. The molecule has 1 atom stereocenters. The minimum atomic E-state index is -3.27. The van der Waals surface area contributed by atoms with Crippen molar-refractivity contribution < 1.29 is 13.2 Å². The minimum Gasteiger partial charge on any atom is -0.355 e. The van der Waals surface area contributed by atoms with Gasteiger partial charge in [-0.15, -0.1) is 0 Å². The lowest BCUT2D eigenvalue weighted by atomic mass is 10.1. The van der Waals surface area contributed by atoms with Gasteiger partial charge in [-0.1, -0.05) is 18.2 Å². The first-order valence-corrected chi connectivity index (χ1v) is 8.04. The summed E-state index contributed by atoms with van der Waals surface area (Å²) in [7, 11) is -3.27. The van der Waals surface area contributed by atoms with E-state index in [0.717, 1.165) is 12.8 Å². The van der Waals surface area contributed by atoms with Crippen molar-refractivity contribution in [3.05, 3.63) is 30.3 Å². The molecule has 1 amide bonds. The molecule has 1 aliphatic rings. The summed E-state index contributed by atoms with van der Waals surface area (Å²) in [6.45, 7) is 0.995. The van der Waals surface area contributed by atoms with Crippen molar-refractivity contribution in [2.75, 3.05) is 18.8 Å². The van der Waals surface area contributed by atoms with Crippen molar-refractivity contribution in [1.29, 1.82) is 0 Å². The minimum absolute atomic E-state index is 0.000787. The molecule has 0 bridgehead atoms. The molecule has 2 N–H and O–H groups in total. The number of amides is 1. The Bertz CT molecular complexity index is 528. The highest BCUT2D eigenvalue weighted by Gasteiger charge is 2.22. The lowest BCUT2D eigenvalue weighted by Gasteiger charge is -2.22. The van der Waals surface area contributed by atoms with E-state index < -0.39 is 9.84 Å². The van der Waals surface area contributed by atoms with Crippen molar-refractivity contribution in [3.8, 4) is 0 Å². The molecule has 0 unspecified atom stereocenters. The normalized spacial score (nSPS) is 20.0. The molecule has 1 heterocycles. The van der Waals surface area contributed by atoms with Gasteiger partial charge in [-0.3, -0.25) is 4.79 Å². The SMILES string of the molecule is O=C1NCCC[C@@H]1NCCS(=O)(=O)c1ccccc1. The number of benzene rings is 1. The van der Waals surface area contributed by atoms with Crippen molar-refractivity contribution in [2.45, 2.75) is 23.8 Å². The monoisotopic (exact) mass is 282 g/mol. The van der Waals surface area contributed by atoms with Gasteiger partial charge in [-0.2, -0.15) is 0 Å². The van der Waals surface area contributed by atoms with Crippen LogP contribution in [0.3, 0.4) is 0 Å². The van der Waals surface area contributed by atoms with E-state index in [1.165, 1.54) is 0 Å². The number of carbonyl (C=O) groups is 1. The summed E-state index contributed by atoms with van der Waals surface area (Å²) in [5.41, 5.74) is 0. The number of rotatable bonds is 5. The van der Waals surface area contributed by atoms with Gasteiger partial charge in [0.25, 0.3) is 0 Å². The third kappa shape index (κ3) is 3.78. The summed E-state index contributed by atoms with van der Waals surface area (Å²) in [5, 5.41) is 5.77. The van der Waals surface area contributed by atoms with Gasteiger partial charge in [0.15, 0.2) is 9.84 Å². The molecule has 0 radical (unpaired) electrons. The third-order valence-electron chi connectivity index (χ3n) is 3.15. The highest BCUT2D eigenvalue weighted by Crippen LogP contribution is 2.09. The third-order valence-corrected chi connectivity index (χ3v) is 4.88. The van der Waals surface area contributed by atoms with Crippen LogP contribution in [0, 0.1) is 0 Å². The van der Waals surface area contributed by atoms with Gasteiger partial charge >= 0.3 is 0 Å². The second-order valence-electron chi connectivity index (χ2n) is 4.57. The molecule has 1 aliphatic heterocycles. The molecule has 104 valence electrons. The zero-order valence-electron chi connectivity index (χ0n) is 10.6. The van der Waals surface area contributed by atoms with Crippen LogP contribution in [-0.2, 0) is 14.6 Å². The smallest absolute Gasteiger partial charge is 0.237 e. The average molecular weight is 282 g/mol. The van der Waals surface area contributed by atoms with Gasteiger partial charge in [-0.25, -0.2) is 8.42 Å². The van der Waals surface area contributed by atoms with Gasteiger partial charge in [0.2, 0.25) is 5.91 Å². The zero-order chi connectivity index (χ0) is 13.7.